The highest BCUT2D eigenvalue weighted by molar-refractivity contribution is 5.95. The van der Waals surface area contributed by atoms with Gasteiger partial charge in [0.05, 0.1) is 6.10 Å². The van der Waals surface area contributed by atoms with Gasteiger partial charge in [0.2, 0.25) is 5.95 Å². The van der Waals surface area contributed by atoms with Gasteiger partial charge >= 0.3 is 0 Å². The molecule has 0 radical (unpaired) electrons. The largest absolute Gasteiger partial charge is 0.384 e. The van der Waals surface area contributed by atoms with Gasteiger partial charge in [-0.2, -0.15) is 4.39 Å². The van der Waals surface area contributed by atoms with Crippen LogP contribution in [0.3, 0.4) is 0 Å². The van der Waals surface area contributed by atoms with Crippen LogP contribution in [-0.2, 0) is 4.74 Å². The molecule has 1 aliphatic carbocycles. The number of nitrogens with one attached hydrogen (secondary N) is 1. The molecular formula is C16H23F2N3O2. The Morgan fingerprint density at radius 3 is 2.61 bits per heavy atom. The highest BCUT2D eigenvalue weighted by Gasteiger charge is 2.54. The van der Waals surface area contributed by atoms with Crippen molar-refractivity contribution >= 4 is 11.7 Å². The molecule has 1 saturated carbocycles. The van der Waals surface area contributed by atoms with Crippen molar-refractivity contribution in [3.05, 3.63) is 23.4 Å². The minimum absolute atomic E-state index is 0.0482. The fraction of sp³-hybridized carbons (Fsp3) is 0.625. The molecule has 0 aliphatic heterocycles. The molecular weight excluding hydrogens is 304 g/mol. The van der Waals surface area contributed by atoms with Crippen LogP contribution in [0, 0.1) is 17.2 Å². The number of hydrogen-bond acceptors (Lipinski definition) is 4. The van der Waals surface area contributed by atoms with Crippen molar-refractivity contribution in [1.82, 2.24) is 10.3 Å². The van der Waals surface area contributed by atoms with E-state index in [1.165, 1.54) is 0 Å². The standard InChI is InChI=1S/C16H23F2N3O2/c1-4-16(5-2)10(8-11(16)23-6-3)20-15(22)13-9(17)7-12(19)21-14(13)18/h7,10-11H,4-6,8H2,1-3H3,(H2,19,21)(H,20,22)/t10-,11+/m0/s1. The van der Waals surface area contributed by atoms with Crippen LogP contribution in [0.2, 0.25) is 0 Å². The SMILES string of the molecule is CCO[C@@H]1C[C@H](NC(=O)c2c(F)cc(N)nc2F)C1(CC)CC. The molecule has 2 atom stereocenters. The molecule has 1 amide bonds. The third kappa shape index (κ3) is 3.02. The number of ether oxygens (including phenoxy) is 1. The summed E-state index contributed by atoms with van der Waals surface area (Å²) in [4.78, 5) is 15.6. The van der Waals surface area contributed by atoms with Crippen LogP contribution in [0.4, 0.5) is 14.6 Å². The molecule has 1 aromatic rings. The van der Waals surface area contributed by atoms with Crippen molar-refractivity contribution in [3.63, 3.8) is 0 Å². The van der Waals surface area contributed by atoms with Crippen LogP contribution in [0.25, 0.3) is 0 Å². The van der Waals surface area contributed by atoms with Crippen molar-refractivity contribution in [1.29, 1.82) is 0 Å². The zero-order valence-corrected chi connectivity index (χ0v) is 13.7. The zero-order chi connectivity index (χ0) is 17.2. The Balaban J connectivity index is 2.18. The van der Waals surface area contributed by atoms with Gasteiger partial charge in [-0.05, 0) is 26.2 Å². The van der Waals surface area contributed by atoms with Crippen LogP contribution < -0.4 is 11.1 Å². The van der Waals surface area contributed by atoms with E-state index < -0.39 is 23.2 Å². The first-order valence-corrected chi connectivity index (χ1v) is 7.93. The maximum atomic E-state index is 13.8. The molecule has 0 unspecified atom stereocenters. The first kappa shape index (κ1) is 17.6. The van der Waals surface area contributed by atoms with Crippen LogP contribution >= 0.6 is 0 Å². The number of aromatic nitrogens is 1. The molecule has 23 heavy (non-hydrogen) atoms. The van der Waals surface area contributed by atoms with E-state index in [2.05, 4.69) is 10.3 Å². The van der Waals surface area contributed by atoms with Crippen molar-refractivity contribution in [2.24, 2.45) is 5.41 Å². The summed E-state index contributed by atoms with van der Waals surface area (Å²) in [5.74, 6) is -3.31. The Hall–Kier alpha value is -1.76. The zero-order valence-electron chi connectivity index (χ0n) is 13.7. The topological polar surface area (TPSA) is 77.2 Å². The molecule has 0 aromatic carbocycles. The van der Waals surface area contributed by atoms with E-state index in [9.17, 15) is 13.6 Å². The molecule has 0 saturated heterocycles. The summed E-state index contributed by atoms with van der Waals surface area (Å²) in [7, 11) is 0. The normalized spacial score (nSPS) is 22.5. The molecule has 128 valence electrons. The van der Waals surface area contributed by atoms with Gasteiger partial charge in [0.1, 0.15) is 17.2 Å². The number of nitrogens with two attached hydrogens (primary N) is 1. The number of carbonyl (C=O) groups is 1. The second kappa shape index (κ2) is 6.78. The number of pyridine rings is 1. The Kier molecular flexibility index (Phi) is 5.19. The molecule has 1 fully saturated rings. The van der Waals surface area contributed by atoms with E-state index in [0.29, 0.717) is 13.0 Å². The quantitative estimate of drug-likeness (QED) is 0.788. The molecule has 0 spiro atoms. The number of rotatable bonds is 6. The molecule has 5 nitrogen and oxygen atoms in total. The third-order valence-corrected chi connectivity index (χ3v) is 4.95. The lowest BCUT2D eigenvalue weighted by atomic mass is 9.58. The highest BCUT2D eigenvalue weighted by Crippen LogP contribution is 2.49. The summed E-state index contributed by atoms with van der Waals surface area (Å²) in [6, 6.07) is 0.659. The Morgan fingerprint density at radius 2 is 2.09 bits per heavy atom. The monoisotopic (exact) mass is 327 g/mol. The number of halogens is 2. The average Bonchev–Trinajstić information content (AvgIpc) is 2.46. The Bertz CT molecular complexity index is 568. The Labute approximate surface area is 134 Å². The molecule has 3 N–H and O–H groups in total. The van der Waals surface area contributed by atoms with Gasteiger partial charge in [-0.1, -0.05) is 13.8 Å². The number of amides is 1. The summed E-state index contributed by atoms with van der Waals surface area (Å²) in [6.45, 7) is 6.57. The lowest BCUT2D eigenvalue weighted by Gasteiger charge is -2.55. The third-order valence-electron chi connectivity index (χ3n) is 4.95. The summed E-state index contributed by atoms with van der Waals surface area (Å²) in [6.07, 6.45) is 2.30. The number of nitrogen functional groups attached to an aromatic ring is 1. The summed E-state index contributed by atoms with van der Waals surface area (Å²) < 4.78 is 33.3. The summed E-state index contributed by atoms with van der Waals surface area (Å²) in [5.41, 5.74) is 4.36. The van der Waals surface area contributed by atoms with Gasteiger partial charge < -0.3 is 15.8 Å². The molecule has 1 heterocycles. The predicted octanol–water partition coefficient (Wildman–Crippen LogP) is 2.66. The molecule has 0 bridgehead atoms. The minimum atomic E-state index is -1.20. The number of anilines is 1. The van der Waals surface area contributed by atoms with Gasteiger partial charge in [-0.25, -0.2) is 9.37 Å². The van der Waals surface area contributed by atoms with E-state index in [4.69, 9.17) is 10.5 Å². The van der Waals surface area contributed by atoms with Crippen LogP contribution in [0.15, 0.2) is 6.07 Å². The Morgan fingerprint density at radius 1 is 1.43 bits per heavy atom. The van der Waals surface area contributed by atoms with E-state index in [-0.39, 0.29) is 23.4 Å². The smallest absolute Gasteiger partial charge is 0.259 e. The first-order chi connectivity index (χ1) is 10.9. The van der Waals surface area contributed by atoms with Gasteiger partial charge in [0, 0.05) is 24.1 Å². The predicted molar refractivity (Wildman–Crippen MR) is 82.9 cm³/mol. The van der Waals surface area contributed by atoms with Gasteiger partial charge in [-0.15, -0.1) is 0 Å². The van der Waals surface area contributed by atoms with Crippen LogP contribution in [-0.4, -0.2) is 29.6 Å². The van der Waals surface area contributed by atoms with E-state index >= 15 is 0 Å². The first-order valence-electron chi connectivity index (χ1n) is 7.93. The van der Waals surface area contributed by atoms with Crippen molar-refractivity contribution in [3.8, 4) is 0 Å². The van der Waals surface area contributed by atoms with Gasteiger partial charge in [-0.3, -0.25) is 4.79 Å². The highest BCUT2D eigenvalue weighted by atomic mass is 19.1. The lowest BCUT2D eigenvalue weighted by molar-refractivity contribution is -0.134. The molecule has 7 heteroatoms. The van der Waals surface area contributed by atoms with Crippen molar-refractivity contribution < 1.29 is 18.3 Å². The number of carbonyl (C=O) groups excluding carboxylic acids is 1. The maximum Gasteiger partial charge on any atom is 0.259 e. The van der Waals surface area contributed by atoms with Crippen LogP contribution in [0.5, 0.6) is 0 Å². The fourth-order valence-corrected chi connectivity index (χ4v) is 3.52. The maximum absolute atomic E-state index is 13.8. The van der Waals surface area contributed by atoms with Crippen molar-refractivity contribution in [2.45, 2.75) is 52.2 Å². The van der Waals surface area contributed by atoms with Gasteiger partial charge in [0.15, 0.2) is 0 Å². The fourth-order valence-electron chi connectivity index (χ4n) is 3.52. The van der Waals surface area contributed by atoms with E-state index in [0.717, 1.165) is 18.9 Å². The van der Waals surface area contributed by atoms with Crippen molar-refractivity contribution in [2.75, 3.05) is 12.3 Å². The second-order valence-electron chi connectivity index (χ2n) is 5.84. The molecule has 1 aromatic heterocycles. The molecule has 1 aliphatic rings. The minimum Gasteiger partial charge on any atom is -0.384 e. The van der Waals surface area contributed by atoms with Gasteiger partial charge in [0.25, 0.3) is 5.91 Å². The van der Waals surface area contributed by atoms with E-state index in [1.54, 1.807) is 0 Å². The number of hydrogen-bond donors (Lipinski definition) is 2. The van der Waals surface area contributed by atoms with E-state index in [1.807, 2.05) is 20.8 Å². The second-order valence-corrected chi connectivity index (χ2v) is 5.84. The summed E-state index contributed by atoms with van der Waals surface area (Å²) >= 11 is 0. The summed E-state index contributed by atoms with van der Waals surface area (Å²) in [5, 5.41) is 2.74. The average molecular weight is 327 g/mol. The number of nitrogens with zero attached hydrogens (tertiary/aromatic N) is 1. The van der Waals surface area contributed by atoms with Crippen LogP contribution in [0.1, 0.15) is 50.4 Å². The lowest BCUT2D eigenvalue weighted by Crippen LogP contribution is -2.64. The molecule has 2 rings (SSSR count).